The number of thiocarbonyl (C=S) groups is 1. The Bertz CT molecular complexity index is 1220. The van der Waals surface area contributed by atoms with Crippen LogP contribution in [-0.2, 0) is 16.6 Å². The number of rotatable bonds is 2. The van der Waals surface area contributed by atoms with Crippen LogP contribution in [0.4, 0.5) is 5.69 Å². The lowest BCUT2D eigenvalue weighted by Gasteiger charge is -2.29. The molecule has 0 atom stereocenters. The van der Waals surface area contributed by atoms with Gasteiger partial charge in [0.1, 0.15) is 5.57 Å². The molecule has 6 heteroatoms. The molecule has 1 fully saturated rings. The molecule has 1 saturated heterocycles. The number of aromatic nitrogens is 1. The fourth-order valence-corrected chi connectivity index (χ4v) is 4.13. The maximum absolute atomic E-state index is 13.3. The van der Waals surface area contributed by atoms with Crippen LogP contribution in [0.2, 0.25) is 0 Å². The Morgan fingerprint density at radius 3 is 2.34 bits per heavy atom. The number of carbonyl (C=O) groups excluding carboxylic acids is 2. The fraction of sp³-hybridized carbons (Fsp3) is 0.174. The molecule has 0 aliphatic carbocycles. The van der Waals surface area contributed by atoms with Crippen molar-refractivity contribution in [1.29, 1.82) is 0 Å². The predicted molar refractivity (Wildman–Crippen MR) is 120 cm³/mol. The van der Waals surface area contributed by atoms with Gasteiger partial charge < -0.3 is 4.57 Å². The van der Waals surface area contributed by atoms with Gasteiger partial charge >= 0.3 is 0 Å². The number of aryl methyl sites for hydroxylation is 3. The van der Waals surface area contributed by atoms with E-state index in [2.05, 4.69) is 9.88 Å². The molecule has 0 bridgehead atoms. The number of hydrogen-bond donors (Lipinski definition) is 1. The number of para-hydroxylation sites is 1. The first-order valence-corrected chi connectivity index (χ1v) is 9.72. The average Bonchev–Trinajstić information content (AvgIpc) is 2.89. The number of hydrogen-bond acceptors (Lipinski definition) is 3. The summed E-state index contributed by atoms with van der Waals surface area (Å²) in [6.07, 6.45) is 1.67. The van der Waals surface area contributed by atoms with Crippen molar-refractivity contribution in [2.24, 2.45) is 7.05 Å². The average molecular weight is 404 g/mol. The SMILES string of the molecule is Cc1cc(C)cc(N2C(=O)/C(=C/c3c(C)n(C)c4ccccc34)C(=O)NC2=S)c1. The van der Waals surface area contributed by atoms with Gasteiger partial charge in [0.2, 0.25) is 0 Å². The number of carbonyl (C=O) groups is 2. The van der Waals surface area contributed by atoms with E-state index >= 15 is 0 Å². The summed E-state index contributed by atoms with van der Waals surface area (Å²) in [6.45, 7) is 5.90. The highest BCUT2D eigenvalue weighted by molar-refractivity contribution is 7.80. The topological polar surface area (TPSA) is 54.3 Å². The minimum absolute atomic E-state index is 0.0669. The maximum Gasteiger partial charge on any atom is 0.270 e. The normalized spacial score (nSPS) is 16.1. The standard InChI is InChI=1S/C23H21N3O2S/c1-13-9-14(2)11-16(10-13)26-22(28)19(21(27)24-23(26)29)12-18-15(3)25(4)20-8-6-5-7-17(18)20/h5-12H,1-4H3,(H,24,27,29)/b19-12+. The molecule has 0 unspecified atom stereocenters. The van der Waals surface area contributed by atoms with Crippen LogP contribution >= 0.6 is 12.2 Å². The van der Waals surface area contributed by atoms with Crippen molar-refractivity contribution in [2.45, 2.75) is 20.8 Å². The van der Waals surface area contributed by atoms with Gasteiger partial charge in [0, 0.05) is 29.2 Å². The monoisotopic (exact) mass is 403 g/mol. The Labute approximate surface area is 174 Å². The molecule has 4 rings (SSSR count). The first-order valence-electron chi connectivity index (χ1n) is 9.31. The quantitative estimate of drug-likeness (QED) is 0.401. The molecule has 2 heterocycles. The second-order valence-corrected chi connectivity index (χ2v) is 7.77. The molecule has 0 spiro atoms. The van der Waals surface area contributed by atoms with E-state index in [0.717, 1.165) is 33.3 Å². The predicted octanol–water partition coefficient (Wildman–Crippen LogP) is 3.93. The molecular formula is C23H21N3O2S. The number of nitrogens with one attached hydrogen (secondary N) is 1. The maximum atomic E-state index is 13.3. The summed E-state index contributed by atoms with van der Waals surface area (Å²) in [6, 6.07) is 13.7. The lowest BCUT2D eigenvalue weighted by molar-refractivity contribution is -0.122. The zero-order valence-electron chi connectivity index (χ0n) is 16.7. The summed E-state index contributed by atoms with van der Waals surface area (Å²) in [7, 11) is 1.97. The summed E-state index contributed by atoms with van der Waals surface area (Å²) >= 11 is 5.32. The van der Waals surface area contributed by atoms with Crippen molar-refractivity contribution < 1.29 is 9.59 Å². The van der Waals surface area contributed by atoms with E-state index in [4.69, 9.17) is 12.2 Å². The third-order valence-corrected chi connectivity index (χ3v) is 5.59. The van der Waals surface area contributed by atoms with Gasteiger partial charge in [-0.15, -0.1) is 0 Å². The van der Waals surface area contributed by atoms with Gasteiger partial charge in [-0.3, -0.25) is 19.8 Å². The molecule has 3 aromatic rings. The first-order chi connectivity index (χ1) is 13.8. The van der Waals surface area contributed by atoms with Crippen molar-refractivity contribution in [1.82, 2.24) is 9.88 Å². The molecular weight excluding hydrogens is 382 g/mol. The third kappa shape index (κ3) is 3.15. The van der Waals surface area contributed by atoms with Gasteiger partial charge in [0.05, 0.1) is 5.69 Å². The fourth-order valence-electron chi connectivity index (χ4n) is 3.85. The highest BCUT2D eigenvalue weighted by Crippen LogP contribution is 2.29. The highest BCUT2D eigenvalue weighted by Gasteiger charge is 2.35. The van der Waals surface area contributed by atoms with E-state index in [1.165, 1.54) is 4.90 Å². The van der Waals surface area contributed by atoms with Crippen molar-refractivity contribution in [3.8, 4) is 0 Å². The lowest BCUT2D eigenvalue weighted by atomic mass is 10.0. The number of nitrogens with zero attached hydrogens (tertiary/aromatic N) is 2. The second-order valence-electron chi connectivity index (χ2n) is 7.38. The summed E-state index contributed by atoms with van der Waals surface area (Å²) < 4.78 is 2.05. The lowest BCUT2D eigenvalue weighted by Crippen LogP contribution is -2.54. The molecule has 5 nitrogen and oxygen atoms in total. The van der Waals surface area contributed by atoms with Crippen molar-refractivity contribution in [2.75, 3.05) is 4.90 Å². The molecule has 2 amide bonds. The van der Waals surface area contributed by atoms with Crippen LogP contribution < -0.4 is 10.2 Å². The Hall–Kier alpha value is -3.25. The van der Waals surface area contributed by atoms with Crippen molar-refractivity contribution >= 4 is 51.8 Å². The van der Waals surface area contributed by atoms with Gasteiger partial charge in [-0.25, -0.2) is 0 Å². The van der Waals surface area contributed by atoms with E-state index in [-0.39, 0.29) is 10.7 Å². The molecule has 146 valence electrons. The summed E-state index contributed by atoms with van der Waals surface area (Å²) in [5.74, 6) is -0.899. The van der Waals surface area contributed by atoms with Crippen LogP contribution in [-0.4, -0.2) is 21.5 Å². The minimum atomic E-state index is -0.479. The number of amides is 2. The number of benzene rings is 2. The zero-order valence-corrected chi connectivity index (χ0v) is 17.6. The van der Waals surface area contributed by atoms with E-state index in [1.807, 2.05) is 70.3 Å². The smallest absolute Gasteiger partial charge is 0.270 e. The molecule has 1 aromatic heterocycles. The molecule has 0 saturated carbocycles. The van der Waals surface area contributed by atoms with Crippen LogP contribution in [0.25, 0.3) is 17.0 Å². The van der Waals surface area contributed by atoms with Gasteiger partial charge in [0.25, 0.3) is 11.8 Å². The van der Waals surface area contributed by atoms with E-state index in [1.54, 1.807) is 6.08 Å². The molecule has 29 heavy (non-hydrogen) atoms. The third-order valence-electron chi connectivity index (χ3n) is 5.30. The molecule has 1 aliphatic rings. The van der Waals surface area contributed by atoms with Gasteiger partial charge in [-0.05, 0) is 68.4 Å². The van der Waals surface area contributed by atoms with Gasteiger partial charge in [-0.1, -0.05) is 24.3 Å². The molecule has 1 N–H and O–H groups in total. The van der Waals surface area contributed by atoms with E-state index < -0.39 is 11.8 Å². The zero-order chi connectivity index (χ0) is 20.9. The van der Waals surface area contributed by atoms with Crippen LogP contribution in [0.1, 0.15) is 22.4 Å². The number of anilines is 1. The Morgan fingerprint density at radius 2 is 1.66 bits per heavy atom. The molecule has 0 radical (unpaired) electrons. The van der Waals surface area contributed by atoms with Crippen LogP contribution in [0, 0.1) is 20.8 Å². The Morgan fingerprint density at radius 1 is 1.00 bits per heavy atom. The number of fused-ring (bicyclic) bond motifs is 1. The van der Waals surface area contributed by atoms with E-state index in [0.29, 0.717) is 5.69 Å². The minimum Gasteiger partial charge on any atom is -0.347 e. The van der Waals surface area contributed by atoms with Crippen LogP contribution in [0.5, 0.6) is 0 Å². The summed E-state index contributed by atoms with van der Waals surface area (Å²) in [5.41, 5.74) is 5.63. The van der Waals surface area contributed by atoms with Crippen LogP contribution in [0.3, 0.4) is 0 Å². The second kappa shape index (κ2) is 6.97. The molecule has 2 aromatic carbocycles. The van der Waals surface area contributed by atoms with Gasteiger partial charge in [0.15, 0.2) is 5.11 Å². The first kappa shape index (κ1) is 19.1. The van der Waals surface area contributed by atoms with Crippen molar-refractivity contribution in [3.05, 3.63) is 70.4 Å². The summed E-state index contributed by atoms with van der Waals surface area (Å²) in [4.78, 5) is 27.4. The highest BCUT2D eigenvalue weighted by atomic mass is 32.1. The molecule has 1 aliphatic heterocycles. The van der Waals surface area contributed by atoms with E-state index in [9.17, 15) is 9.59 Å². The largest absolute Gasteiger partial charge is 0.347 e. The Kier molecular flexibility index (Phi) is 4.59. The Balaban J connectivity index is 1.86. The van der Waals surface area contributed by atoms with Crippen LogP contribution in [0.15, 0.2) is 48.0 Å². The van der Waals surface area contributed by atoms with Crippen molar-refractivity contribution in [3.63, 3.8) is 0 Å². The summed E-state index contributed by atoms with van der Waals surface area (Å²) in [5, 5.41) is 3.75. The van der Waals surface area contributed by atoms with Gasteiger partial charge in [-0.2, -0.15) is 0 Å².